The monoisotopic (exact) mass is 372 g/mol. The van der Waals surface area contributed by atoms with Gasteiger partial charge in [-0.05, 0) is 38.2 Å². The first-order chi connectivity index (χ1) is 12.0. The molecule has 1 saturated heterocycles. The molecule has 5 atom stereocenters. The van der Waals surface area contributed by atoms with Crippen LogP contribution in [-0.2, 0) is 9.53 Å². The number of unbranched alkanes of at least 4 members (excludes halogenated alkanes) is 1. The Balaban J connectivity index is 0.00000338. The molecule has 26 heavy (non-hydrogen) atoms. The van der Waals surface area contributed by atoms with Gasteiger partial charge >= 0.3 is 29.6 Å². The van der Waals surface area contributed by atoms with Crippen LogP contribution in [0.5, 0.6) is 0 Å². The molecule has 5 nitrogen and oxygen atoms in total. The first kappa shape index (κ1) is 23.4. The van der Waals surface area contributed by atoms with Gasteiger partial charge in [0.25, 0.3) is 0 Å². The molecule has 0 radical (unpaired) electrons. The largest absolute Gasteiger partial charge is 1.00 e. The molecule has 6 heteroatoms. The molecule has 2 fully saturated rings. The molecule has 2 N–H and O–H groups in total. The molecular weight excluding hydrogens is 343 g/mol. The third-order valence-corrected chi connectivity index (χ3v) is 4.92. The standard InChI is InChI=1S/C20H30O5.Na/c1-2-3-4-7-14(21)10-11-16-17-12-15(8-5-6-9-20(23)24)25-19(17)13-18(16)22;/h3-4,8,10-11,14,16-19,21-22H,2,5-7,9,12-13H2,1H3,(H,23,24);/q;+1/p-1/b4-3+,11-10?,15-8+;/t14-,16+,17+,18+,19-;/m0./s1. The van der Waals surface area contributed by atoms with E-state index in [9.17, 15) is 20.1 Å². The molecule has 0 aromatic heterocycles. The fourth-order valence-electron chi connectivity index (χ4n) is 3.63. The Hall–Kier alpha value is -0.590. The Morgan fingerprint density at radius 1 is 1.42 bits per heavy atom. The van der Waals surface area contributed by atoms with E-state index in [0.717, 1.165) is 18.6 Å². The number of fused-ring (bicyclic) bond motifs is 1. The Morgan fingerprint density at radius 3 is 2.88 bits per heavy atom. The van der Waals surface area contributed by atoms with Crippen LogP contribution in [0.2, 0.25) is 0 Å². The molecule has 0 unspecified atom stereocenters. The summed E-state index contributed by atoms with van der Waals surface area (Å²) in [5, 5.41) is 30.7. The van der Waals surface area contributed by atoms with Crippen LogP contribution in [-0.4, -0.2) is 34.5 Å². The first-order valence-electron chi connectivity index (χ1n) is 9.26. The molecule has 2 rings (SSSR count). The Bertz CT molecular complexity index is 528. The Labute approximate surface area is 178 Å². The third kappa shape index (κ3) is 7.20. The molecule has 2 aliphatic rings. The van der Waals surface area contributed by atoms with Crippen molar-refractivity contribution in [1.29, 1.82) is 0 Å². The summed E-state index contributed by atoms with van der Waals surface area (Å²) in [6, 6.07) is 0. The van der Waals surface area contributed by atoms with Crippen LogP contribution in [0, 0.1) is 11.8 Å². The predicted molar refractivity (Wildman–Crippen MR) is 93.2 cm³/mol. The summed E-state index contributed by atoms with van der Waals surface area (Å²) in [5.74, 6) is 0.0781. The molecule has 0 amide bonds. The van der Waals surface area contributed by atoms with E-state index in [1.165, 1.54) is 0 Å². The third-order valence-electron chi connectivity index (χ3n) is 4.92. The molecular formula is C20H29NaO5. The van der Waals surface area contributed by atoms with Crippen LogP contribution in [0.3, 0.4) is 0 Å². The summed E-state index contributed by atoms with van der Waals surface area (Å²) < 4.78 is 5.91. The maximum Gasteiger partial charge on any atom is 1.00 e. The number of carbonyl (C=O) groups excluding carboxylic acids is 1. The second-order valence-electron chi connectivity index (χ2n) is 6.91. The van der Waals surface area contributed by atoms with Crippen molar-refractivity contribution in [2.75, 3.05) is 0 Å². The molecule has 0 spiro atoms. The maximum atomic E-state index is 10.4. The van der Waals surface area contributed by atoms with E-state index in [2.05, 4.69) is 6.92 Å². The van der Waals surface area contributed by atoms with Crippen LogP contribution in [0.1, 0.15) is 51.9 Å². The summed E-state index contributed by atoms with van der Waals surface area (Å²) in [5.41, 5.74) is 0. The van der Waals surface area contributed by atoms with Gasteiger partial charge in [-0.15, -0.1) is 0 Å². The van der Waals surface area contributed by atoms with Crippen molar-refractivity contribution in [2.45, 2.75) is 70.2 Å². The Kier molecular flexibility index (Phi) is 10.8. The number of hydrogen-bond donors (Lipinski definition) is 2. The Morgan fingerprint density at radius 2 is 2.19 bits per heavy atom. The molecule has 1 aliphatic carbocycles. The number of allylic oxidation sites excluding steroid dienone is 3. The van der Waals surface area contributed by atoms with Crippen molar-refractivity contribution in [3.63, 3.8) is 0 Å². The molecule has 0 aromatic rings. The fourth-order valence-corrected chi connectivity index (χ4v) is 3.63. The van der Waals surface area contributed by atoms with Gasteiger partial charge in [0, 0.05) is 30.6 Å². The van der Waals surface area contributed by atoms with E-state index in [1.807, 2.05) is 24.3 Å². The summed E-state index contributed by atoms with van der Waals surface area (Å²) in [6.07, 6.45) is 12.9. The summed E-state index contributed by atoms with van der Waals surface area (Å²) >= 11 is 0. The van der Waals surface area contributed by atoms with Crippen molar-refractivity contribution in [1.82, 2.24) is 0 Å². The van der Waals surface area contributed by atoms with Gasteiger partial charge in [-0.1, -0.05) is 31.2 Å². The number of aliphatic hydroxyl groups is 2. The van der Waals surface area contributed by atoms with Crippen molar-refractivity contribution in [3.05, 3.63) is 36.1 Å². The van der Waals surface area contributed by atoms with Crippen LogP contribution in [0.4, 0.5) is 0 Å². The summed E-state index contributed by atoms with van der Waals surface area (Å²) in [4.78, 5) is 10.4. The molecule has 1 saturated carbocycles. The van der Waals surface area contributed by atoms with Crippen molar-refractivity contribution in [3.8, 4) is 0 Å². The second-order valence-corrected chi connectivity index (χ2v) is 6.91. The average Bonchev–Trinajstić information content (AvgIpc) is 3.06. The smallest absolute Gasteiger partial charge is 0.550 e. The minimum atomic E-state index is -1.02. The summed E-state index contributed by atoms with van der Waals surface area (Å²) in [6.45, 7) is 2.05. The molecule has 1 aliphatic heterocycles. The van der Waals surface area contributed by atoms with Gasteiger partial charge in [-0.2, -0.15) is 0 Å². The van der Waals surface area contributed by atoms with E-state index in [1.54, 1.807) is 6.08 Å². The molecule has 140 valence electrons. The predicted octanol–water partition coefficient (Wildman–Crippen LogP) is -1.15. The zero-order chi connectivity index (χ0) is 18.2. The van der Waals surface area contributed by atoms with Gasteiger partial charge in [0.1, 0.15) is 6.10 Å². The van der Waals surface area contributed by atoms with E-state index in [0.29, 0.717) is 25.7 Å². The fraction of sp³-hybridized carbons (Fsp3) is 0.650. The van der Waals surface area contributed by atoms with Crippen molar-refractivity contribution < 1.29 is 54.4 Å². The quantitative estimate of drug-likeness (QED) is 0.303. The minimum Gasteiger partial charge on any atom is -0.550 e. The van der Waals surface area contributed by atoms with Gasteiger partial charge in [0.2, 0.25) is 0 Å². The molecule has 0 aromatic carbocycles. The first-order valence-corrected chi connectivity index (χ1v) is 9.26. The van der Waals surface area contributed by atoms with Crippen molar-refractivity contribution >= 4 is 5.97 Å². The van der Waals surface area contributed by atoms with E-state index in [4.69, 9.17) is 4.74 Å². The number of hydrogen-bond acceptors (Lipinski definition) is 5. The molecule has 0 bridgehead atoms. The van der Waals surface area contributed by atoms with Gasteiger partial charge in [0.05, 0.1) is 18.0 Å². The maximum absolute atomic E-state index is 10.4. The zero-order valence-electron chi connectivity index (χ0n) is 15.8. The number of carboxylic acid groups (broad SMARTS) is 1. The van der Waals surface area contributed by atoms with E-state index >= 15 is 0 Å². The topological polar surface area (TPSA) is 89.8 Å². The average molecular weight is 372 g/mol. The zero-order valence-corrected chi connectivity index (χ0v) is 17.8. The van der Waals surface area contributed by atoms with Gasteiger partial charge in [0.15, 0.2) is 0 Å². The number of carbonyl (C=O) groups is 1. The number of ether oxygens (including phenoxy) is 1. The van der Waals surface area contributed by atoms with Gasteiger partial charge < -0.3 is 24.9 Å². The number of aliphatic carboxylic acids is 1. The summed E-state index contributed by atoms with van der Waals surface area (Å²) in [7, 11) is 0. The van der Waals surface area contributed by atoms with Crippen LogP contribution < -0.4 is 34.7 Å². The minimum absolute atomic E-state index is 0. The normalized spacial score (nSPS) is 30.5. The van der Waals surface area contributed by atoms with E-state index < -0.39 is 18.2 Å². The van der Waals surface area contributed by atoms with E-state index in [-0.39, 0.29) is 53.9 Å². The van der Waals surface area contributed by atoms with Crippen LogP contribution in [0.25, 0.3) is 0 Å². The van der Waals surface area contributed by atoms with Crippen LogP contribution in [0.15, 0.2) is 36.1 Å². The SMILES string of the molecule is CC/C=C/C[C@H](O)C=C[C@@H]1[C@H]2C/C(=C\CCCC(=O)[O-])O[C@H]2C[C@H]1O.[Na+]. The second kappa shape index (κ2) is 12.0. The molecule has 1 heterocycles. The number of carboxylic acids is 1. The number of aliphatic hydroxyl groups excluding tert-OH is 2. The van der Waals surface area contributed by atoms with Crippen LogP contribution >= 0.6 is 0 Å². The van der Waals surface area contributed by atoms with Gasteiger partial charge in [-0.3, -0.25) is 0 Å². The van der Waals surface area contributed by atoms with Gasteiger partial charge in [-0.25, -0.2) is 0 Å². The van der Waals surface area contributed by atoms with Crippen molar-refractivity contribution in [2.24, 2.45) is 11.8 Å². The number of rotatable bonds is 9.